The Labute approximate surface area is 124 Å². The van der Waals surface area contributed by atoms with Crippen LogP contribution in [0.3, 0.4) is 0 Å². The van der Waals surface area contributed by atoms with Gasteiger partial charge >= 0.3 is 5.97 Å². The summed E-state index contributed by atoms with van der Waals surface area (Å²) in [4.78, 5) is 27.6. The lowest BCUT2D eigenvalue weighted by atomic mass is 10.1. The van der Waals surface area contributed by atoms with Gasteiger partial charge in [0.25, 0.3) is 5.91 Å². The number of hydrogen-bond acceptors (Lipinski definition) is 3. The summed E-state index contributed by atoms with van der Waals surface area (Å²) in [6.45, 7) is 4.26. The number of aliphatic carboxylic acids is 1. The van der Waals surface area contributed by atoms with Gasteiger partial charge in [-0.05, 0) is 37.0 Å². The number of nitrogens with zero attached hydrogens (tertiary/aromatic N) is 2. The van der Waals surface area contributed by atoms with Crippen LogP contribution in [0.1, 0.15) is 42.1 Å². The zero-order valence-corrected chi connectivity index (χ0v) is 12.2. The van der Waals surface area contributed by atoms with E-state index in [1.807, 2.05) is 18.2 Å². The molecule has 1 unspecified atom stereocenters. The Morgan fingerprint density at radius 3 is 2.67 bits per heavy atom. The van der Waals surface area contributed by atoms with Crippen molar-refractivity contribution in [3.05, 3.63) is 29.3 Å². The monoisotopic (exact) mass is 288 g/mol. The lowest BCUT2D eigenvalue weighted by Gasteiger charge is -2.22. The molecule has 1 atom stereocenters. The average Bonchev–Trinajstić information content (AvgIpc) is 3.09. The molecule has 5 heteroatoms. The van der Waals surface area contributed by atoms with E-state index in [1.165, 1.54) is 17.7 Å². The predicted octanol–water partition coefficient (Wildman–Crippen LogP) is 2.11. The molecule has 1 N–H and O–H groups in total. The van der Waals surface area contributed by atoms with Gasteiger partial charge < -0.3 is 14.9 Å². The maximum Gasteiger partial charge on any atom is 0.326 e. The molecule has 0 bridgehead atoms. The number of carbonyl (C=O) groups is 2. The van der Waals surface area contributed by atoms with Crippen LogP contribution in [0, 0.1) is 0 Å². The van der Waals surface area contributed by atoms with E-state index in [1.54, 1.807) is 6.92 Å². The smallest absolute Gasteiger partial charge is 0.326 e. The predicted molar refractivity (Wildman–Crippen MR) is 79.5 cm³/mol. The van der Waals surface area contributed by atoms with Crippen molar-refractivity contribution in [1.29, 1.82) is 0 Å². The highest BCUT2D eigenvalue weighted by Gasteiger charge is 2.35. The summed E-state index contributed by atoms with van der Waals surface area (Å²) in [6, 6.07) is 5.20. The molecule has 1 aromatic rings. The van der Waals surface area contributed by atoms with Crippen LogP contribution in [0.15, 0.2) is 18.2 Å². The van der Waals surface area contributed by atoms with E-state index in [4.69, 9.17) is 0 Å². The van der Waals surface area contributed by atoms with E-state index < -0.39 is 12.0 Å². The largest absolute Gasteiger partial charge is 0.480 e. The lowest BCUT2D eigenvalue weighted by molar-refractivity contribution is -0.142. The van der Waals surface area contributed by atoms with Crippen molar-refractivity contribution in [2.45, 2.75) is 38.8 Å². The molecule has 0 aromatic heterocycles. The second-order valence-electron chi connectivity index (χ2n) is 5.73. The normalized spacial score (nSPS) is 19.0. The molecule has 1 fully saturated rings. The summed E-state index contributed by atoms with van der Waals surface area (Å²) >= 11 is 0. The van der Waals surface area contributed by atoms with Crippen molar-refractivity contribution in [2.24, 2.45) is 0 Å². The first kappa shape index (κ1) is 13.9. The van der Waals surface area contributed by atoms with Gasteiger partial charge in [-0.25, -0.2) is 4.79 Å². The molecule has 2 aliphatic rings. The van der Waals surface area contributed by atoms with Gasteiger partial charge in [-0.15, -0.1) is 0 Å². The Balaban J connectivity index is 1.87. The maximum absolute atomic E-state index is 12.5. The highest BCUT2D eigenvalue weighted by molar-refractivity contribution is 6.01. The Hall–Kier alpha value is -2.04. The molecule has 21 heavy (non-hydrogen) atoms. The minimum absolute atomic E-state index is 0.153. The molecule has 1 amide bonds. The summed E-state index contributed by atoms with van der Waals surface area (Å²) in [5.41, 5.74) is 2.67. The van der Waals surface area contributed by atoms with Gasteiger partial charge in [0.05, 0.1) is 0 Å². The fourth-order valence-electron chi connectivity index (χ4n) is 3.26. The minimum atomic E-state index is -0.932. The second kappa shape index (κ2) is 5.39. The van der Waals surface area contributed by atoms with Gasteiger partial charge in [-0.1, -0.05) is 13.0 Å². The Morgan fingerprint density at radius 2 is 2.05 bits per heavy atom. The second-order valence-corrected chi connectivity index (χ2v) is 5.73. The van der Waals surface area contributed by atoms with Crippen molar-refractivity contribution in [1.82, 2.24) is 4.90 Å². The third-order valence-electron chi connectivity index (χ3n) is 4.44. The van der Waals surface area contributed by atoms with Gasteiger partial charge in [0.2, 0.25) is 0 Å². The number of carboxylic acids is 1. The van der Waals surface area contributed by atoms with Crippen LogP contribution in [0.25, 0.3) is 0 Å². The SMILES string of the molecule is CCC(C(=O)O)N1Cc2ccc(N3CCCC3)cc2C1=O. The van der Waals surface area contributed by atoms with Crippen molar-refractivity contribution >= 4 is 17.6 Å². The fourth-order valence-corrected chi connectivity index (χ4v) is 3.26. The molecule has 112 valence electrons. The molecular formula is C16H20N2O3. The molecule has 5 nitrogen and oxygen atoms in total. The Kier molecular flexibility index (Phi) is 3.57. The van der Waals surface area contributed by atoms with Gasteiger partial charge in [-0.3, -0.25) is 4.79 Å². The topological polar surface area (TPSA) is 60.9 Å². The molecule has 0 radical (unpaired) electrons. The van der Waals surface area contributed by atoms with Crippen molar-refractivity contribution < 1.29 is 14.7 Å². The number of anilines is 1. The summed E-state index contributed by atoms with van der Waals surface area (Å²) in [5, 5.41) is 9.26. The quantitative estimate of drug-likeness (QED) is 0.921. The summed E-state index contributed by atoms with van der Waals surface area (Å²) < 4.78 is 0. The third-order valence-corrected chi connectivity index (χ3v) is 4.44. The zero-order valence-electron chi connectivity index (χ0n) is 12.2. The zero-order chi connectivity index (χ0) is 15.0. The Morgan fingerprint density at radius 1 is 1.33 bits per heavy atom. The number of fused-ring (bicyclic) bond motifs is 1. The number of amides is 1. The van der Waals surface area contributed by atoms with E-state index in [0.29, 0.717) is 18.5 Å². The van der Waals surface area contributed by atoms with Gasteiger partial charge in [0, 0.05) is 30.9 Å². The maximum atomic E-state index is 12.5. The molecular weight excluding hydrogens is 268 g/mol. The molecule has 1 aromatic carbocycles. The minimum Gasteiger partial charge on any atom is -0.480 e. The van der Waals surface area contributed by atoms with E-state index in [0.717, 1.165) is 24.3 Å². The van der Waals surface area contributed by atoms with Crippen molar-refractivity contribution in [2.75, 3.05) is 18.0 Å². The summed E-state index contributed by atoms with van der Waals surface area (Å²) in [5.74, 6) is -1.08. The van der Waals surface area contributed by atoms with E-state index >= 15 is 0 Å². The first-order valence-corrected chi connectivity index (χ1v) is 7.53. The number of carboxylic acid groups (broad SMARTS) is 1. The molecule has 0 spiro atoms. The van der Waals surface area contributed by atoms with Gasteiger partial charge in [-0.2, -0.15) is 0 Å². The van der Waals surface area contributed by atoms with Crippen LogP contribution in [0.2, 0.25) is 0 Å². The van der Waals surface area contributed by atoms with Gasteiger partial charge in [0.1, 0.15) is 6.04 Å². The summed E-state index contributed by atoms with van der Waals surface area (Å²) in [6.07, 6.45) is 2.80. The van der Waals surface area contributed by atoms with E-state index in [2.05, 4.69) is 4.90 Å². The number of rotatable bonds is 4. The molecule has 2 heterocycles. The molecule has 2 aliphatic heterocycles. The van der Waals surface area contributed by atoms with Crippen molar-refractivity contribution in [3.63, 3.8) is 0 Å². The van der Waals surface area contributed by atoms with Crippen molar-refractivity contribution in [3.8, 4) is 0 Å². The van der Waals surface area contributed by atoms with Crippen LogP contribution in [-0.2, 0) is 11.3 Å². The number of carbonyl (C=O) groups excluding carboxylic acids is 1. The van der Waals surface area contributed by atoms with Crippen LogP contribution in [0.4, 0.5) is 5.69 Å². The molecule has 0 aliphatic carbocycles. The van der Waals surface area contributed by atoms with E-state index in [-0.39, 0.29) is 5.91 Å². The lowest BCUT2D eigenvalue weighted by Crippen LogP contribution is -2.40. The van der Waals surface area contributed by atoms with Crippen LogP contribution >= 0.6 is 0 Å². The molecule has 1 saturated heterocycles. The van der Waals surface area contributed by atoms with Crippen LogP contribution in [-0.4, -0.2) is 41.0 Å². The first-order chi connectivity index (χ1) is 10.1. The Bertz CT molecular complexity index is 579. The highest BCUT2D eigenvalue weighted by atomic mass is 16.4. The van der Waals surface area contributed by atoms with Gasteiger partial charge in [0.15, 0.2) is 0 Å². The number of benzene rings is 1. The molecule has 3 rings (SSSR count). The van der Waals surface area contributed by atoms with E-state index in [9.17, 15) is 14.7 Å². The first-order valence-electron chi connectivity index (χ1n) is 7.53. The van der Waals surface area contributed by atoms with Crippen LogP contribution < -0.4 is 4.90 Å². The third kappa shape index (κ3) is 2.37. The molecule has 0 saturated carbocycles. The average molecular weight is 288 g/mol. The number of hydrogen-bond donors (Lipinski definition) is 1. The fraction of sp³-hybridized carbons (Fsp3) is 0.500. The standard InChI is InChI=1S/C16H20N2O3/c1-2-14(16(20)21)18-10-11-5-6-12(9-13(11)15(18)19)17-7-3-4-8-17/h5-6,9,14H,2-4,7-8,10H2,1H3,(H,20,21). The highest BCUT2D eigenvalue weighted by Crippen LogP contribution is 2.30. The summed E-state index contributed by atoms with van der Waals surface area (Å²) in [7, 11) is 0. The van der Waals surface area contributed by atoms with Crippen LogP contribution in [0.5, 0.6) is 0 Å².